The largest absolute Gasteiger partial charge is 0.306 e. The predicted molar refractivity (Wildman–Crippen MR) is 90.2 cm³/mol. The van der Waals surface area contributed by atoms with Crippen molar-refractivity contribution >= 4 is 15.9 Å². The van der Waals surface area contributed by atoms with E-state index in [0.29, 0.717) is 0 Å². The van der Waals surface area contributed by atoms with Crippen LogP contribution >= 0.6 is 15.9 Å². The van der Waals surface area contributed by atoms with Gasteiger partial charge < -0.3 is 5.32 Å². The Balaban J connectivity index is 2.35. The van der Waals surface area contributed by atoms with Crippen molar-refractivity contribution in [1.82, 2.24) is 5.32 Å². The maximum Gasteiger partial charge on any atom is 0.0576 e. The normalized spacial score (nSPS) is 12.4. The van der Waals surface area contributed by atoms with Crippen molar-refractivity contribution in [3.63, 3.8) is 0 Å². The number of aryl methyl sites for hydroxylation is 2. The standard InChI is InChI=1S/C18H22BrN/c1-4-11-20-18(15-7-5-13(2)6-8-15)16-9-10-17(19)14(3)12-16/h5-10,12,18,20H,4,11H2,1-3H3. The average Bonchev–Trinajstić information content (AvgIpc) is 2.45. The molecule has 1 unspecified atom stereocenters. The number of halogens is 1. The van der Waals surface area contributed by atoms with Crippen molar-refractivity contribution < 1.29 is 0 Å². The minimum absolute atomic E-state index is 0.266. The highest BCUT2D eigenvalue weighted by molar-refractivity contribution is 9.10. The van der Waals surface area contributed by atoms with E-state index in [1.54, 1.807) is 0 Å². The van der Waals surface area contributed by atoms with Gasteiger partial charge >= 0.3 is 0 Å². The van der Waals surface area contributed by atoms with Crippen molar-refractivity contribution in [2.75, 3.05) is 6.54 Å². The van der Waals surface area contributed by atoms with Crippen molar-refractivity contribution in [2.45, 2.75) is 33.2 Å². The van der Waals surface area contributed by atoms with Crippen LogP contribution in [0.2, 0.25) is 0 Å². The molecule has 2 aromatic carbocycles. The molecule has 2 rings (SSSR count). The molecule has 0 amide bonds. The van der Waals surface area contributed by atoms with Crippen LogP contribution in [-0.4, -0.2) is 6.54 Å². The fraction of sp³-hybridized carbons (Fsp3) is 0.333. The first-order chi connectivity index (χ1) is 9.61. The lowest BCUT2D eigenvalue weighted by Crippen LogP contribution is -2.23. The van der Waals surface area contributed by atoms with Crippen molar-refractivity contribution in [3.8, 4) is 0 Å². The molecule has 0 saturated carbocycles. The van der Waals surface area contributed by atoms with Crippen LogP contribution in [0.15, 0.2) is 46.9 Å². The summed E-state index contributed by atoms with van der Waals surface area (Å²) in [5.74, 6) is 0. The molecular weight excluding hydrogens is 310 g/mol. The van der Waals surface area contributed by atoms with Gasteiger partial charge in [0.15, 0.2) is 0 Å². The smallest absolute Gasteiger partial charge is 0.0576 e. The molecule has 2 aromatic rings. The van der Waals surface area contributed by atoms with Gasteiger partial charge in [0.1, 0.15) is 0 Å². The summed E-state index contributed by atoms with van der Waals surface area (Å²) >= 11 is 3.58. The third kappa shape index (κ3) is 3.71. The van der Waals surface area contributed by atoms with Gasteiger partial charge in [-0.2, -0.15) is 0 Å². The fourth-order valence-electron chi connectivity index (χ4n) is 2.32. The van der Waals surface area contributed by atoms with Crippen LogP contribution in [0.4, 0.5) is 0 Å². The highest BCUT2D eigenvalue weighted by Crippen LogP contribution is 2.26. The summed E-state index contributed by atoms with van der Waals surface area (Å²) in [5.41, 5.74) is 5.22. The number of rotatable bonds is 5. The third-order valence-corrected chi connectivity index (χ3v) is 4.41. The van der Waals surface area contributed by atoms with E-state index in [9.17, 15) is 0 Å². The van der Waals surface area contributed by atoms with E-state index >= 15 is 0 Å². The molecule has 0 aliphatic rings. The zero-order valence-electron chi connectivity index (χ0n) is 12.4. The van der Waals surface area contributed by atoms with Crippen LogP contribution in [0.5, 0.6) is 0 Å². The van der Waals surface area contributed by atoms with Crippen LogP contribution in [0.1, 0.15) is 41.6 Å². The Kier molecular flexibility index (Phi) is 5.38. The van der Waals surface area contributed by atoms with Gasteiger partial charge in [0.05, 0.1) is 6.04 Å². The molecule has 0 spiro atoms. The maximum absolute atomic E-state index is 3.65. The van der Waals surface area contributed by atoms with E-state index in [2.05, 4.69) is 84.5 Å². The van der Waals surface area contributed by atoms with E-state index in [-0.39, 0.29) is 6.04 Å². The minimum Gasteiger partial charge on any atom is -0.306 e. The van der Waals surface area contributed by atoms with E-state index in [1.165, 1.54) is 26.7 Å². The van der Waals surface area contributed by atoms with Crippen molar-refractivity contribution in [3.05, 3.63) is 69.2 Å². The Morgan fingerprint density at radius 2 is 1.65 bits per heavy atom. The van der Waals surface area contributed by atoms with Gasteiger partial charge in [-0.1, -0.05) is 64.8 Å². The molecule has 1 atom stereocenters. The molecule has 1 N–H and O–H groups in total. The number of hydrogen-bond acceptors (Lipinski definition) is 1. The fourth-order valence-corrected chi connectivity index (χ4v) is 2.57. The van der Waals surface area contributed by atoms with Gasteiger partial charge in [0.25, 0.3) is 0 Å². The maximum atomic E-state index is 3.65. The molecule has 0 aliphatic heterocycles. The summed E-state index contributed by atoms with van der Waals surface area (Å²) < 4.78 is 1.17. The molecule has 0 aromatic heterocycles. The Bertz CT molecular complexity index is 560. The van der Waals surface area contributed by atoms with Crippen LogP contribution in [0.25, 0.3) is 0 Å². The van der Waals surface area contributed by atoms with E-state index in [0.717, 1.165) is 13.0 Å². The van der Waals surface area contributed by atoms with Crippen molar-refractivity contribution in [2.24, 2.45) is 0 Å². The lowest BCUT2D eigenvalue weighted by Gasteiger charge is -2.20. The Labute approximate surface area is 130 Å². The lowest BCUT2D eigenvalue weighted by molar-refractivity contribution is 0.598. The topological polar surface area (TPSA) is 12.0 Å². The molecule has 0 heterocycles. The van der Waals surface area contributed by atoms with E-state index < -0.39 is 0 Å². The van der Waals surface area contributed by atoms with Gasteiger partial charge in [0.2, 0.25) is 0 Å². The van der Waals surface area contributed by atoms with Crippen LogP contribution in [-0.2, 0) is 0 Å². The summed E-state index contributed by atoms with van der Waals surface area (Å²) in [7, 11) is 0. The zero-order chi connectivity index (χ0) is 14.5. The highest BCUT2D eigenvalue weighted by atomic mass is 79.9. The summed E-state index contributed by atoms with van der Waals surface area (Å²) in [6.45, 7) is 7.49. The first-order valence-corrected chi connectivity index (χ1v) is 7.97. The quantitative estimate of drug-likeness (QED) is 0.798. The van der Waals surface area contributed by atoms with Gasteiger partial charge in [-0.25, -0.2) is 0 Å². The SMILES string of the molecule is CCCNC(c1ccc(C)cc1)c1ccc(Br)c(C)c1. The minimum atomic E-state index is 0.266. The van der Waals surface area contributed by atoms with Crippen LogP contribution in [0, 0.1) is 13.8 Å². The number of benzene rings is 2. The molecule has 0 aliphatic carbocycles. The third-order valence-electron chi connectivity index (χ3n) is 3.52. The molecule has 0 saturated heterocycles. The van der Waals surface area contributed by atoms with Gasteiger partial charge in [-0.15, -0.1) is 0 Å². The molecule has 0 radical (unpaired) electrons. The Morgan fingerprint density at radius 1 is 1.00 bits per heavy atom. The second-order valence-electron chi connectivity index (χ2n) is 5.31. The summed E-state index contributed by atoms with van der Waals surface area (Å²) in [6.07, 6.45) is 1.14. The average molecular weight is 332 g/mol. The second-order valence-corrected chi connectivity index (χ2v) is 6.16. The molecule has 106 valence electrons. The number of nitrogens with one attached hydrogen (secondary N) is 1. The summed E-state index contributed by atoms with van der Waals surface area (Å²) in [6, 6.07) is 15.7. The zero-order valence-corrected chi connectivity index (χ0v) is 14.0. The van der Waals surface area contributed by atoms with Crippen molar-refractivity contribution in [1.29, 1.82) is 0 Å². The Morgan fingerprint density at radius 3 is 2.25 bits per heavy atom. The van der Waals surface area contributed by atoms with Gasteiger partial charge in [-0.05, 0) is 49.6 Å². The van der Waals surface area contributed by atoms with E-state index in [1.807, 2.05) is 0 Å². The molecule has 1 nitrogen and oxygen atoms in total. The van der Waals surface area contributed by atoms with E-state index in [4.69, 9.17) is 0 Å². The molecule has 2 heteroatoms. The highest BCUT2D eigenvalue weighted by Gasteiger charge is 2.13. The van der Waals surface area contributed by atoms with Gasteiger partial charge in [-0.3, -0.25) is 0 Å². The predicted octanol–water partition coefficient (Wildman–Crippen LogP) is 5.15. The summed E-state index contributed by atoms with van der Waals surface area (Å²) in [4.78, 5) is 0. The molecule has 20 heavy (non-hydrogen) atoms. The second kappa shape index (κ2) is 7.05. The molecule has 0 fully saturated rings. The van der Waals surface area contributed by atoms with Gasteiger partial charge in [0, 0.05) is 4.47 Å². The monoisotopic (exact) mass is 331 g/mol. The van der Waals surface area contributed by atoms with Crippen LogP contribution < -0.4 is 5.32 Å². The van der Waals surface area contributed by atoms with Crippen LogP contribution in [0.3, 0.4) is 0 Å². The Hall–Kier alpha value is -1.12. The molecule has 0 bridgehead atoms. The first kappa shape index (κ1) is 15.3. The first-order valence-electron chi connectivity index (χ1n) is 7.18. The lowest BCUT2D eigenvalue weighted by atomic mass is 9.96. The summed E-state index contributed by atoms with van der Waals surface area (Å²) in [5, 5.41) is 3.65. The number of hydrogen-bond donors (Lipinski definition) is 1. The molecular formula is C18H22BrN.